The van der Waals surface area contributed by atoms with Gasteiger partial charge in [-0.3, -0.25) is 0 Å². The third kappa shape index (κ3) is 1.25. The molecule has 0 fully saturated rings. The molecular formula is C7H7N3. The topological polar surface area (TPSA) is 60.1 Å². The minimum absolute atomic E-state index is 0.616. The highest BCUT2D eigenvalue weighted by molar-refractivity contribution is 5.77. The molecule has 50 valence electrons. The van der Waals surface area contributed by atoms with Crippen LogP contribution in [-0.4, -0.2) is 6.21 Å². The van der Waals surface area contributed by atoms with Crippen LogP contribution in [0.2, 0.25) is 0 Å². The van der Waals surface area contributed by atoms with Gasteiger partial charge < -0.3 is 5.41 Å². The van der Waals surface area contributed by atoms with Crippen LogP contribution in [-0.2, 0) is 0 Å². The standard InChI is InChI=1S/C7H7N3/c8-5-6-1-3-7(10-9)4-2-6/h1-5,8-9H. The molecule has 0 aliphatic heterocycles. The molecule has 0 spiro atoms. The van der Waals surface area contributed by atoms with Crippen LogP contribution in [0.1, 0.15) is 5.56 Å². The smallest absolute Gasteiger partial charge is 0.0850 e. The molecular weight excluding hydrogens is 126 g/mol. The molecule has 3 heteroatoms. The summed E-state index contributed by atoms with van der Waals surface area (Å²) in [4.78, 5) is 0. The Morgan fingerprint density at radius 1 is 1.20 bits per heavy atom. The molecule has 0 aromatic heterocycles. The summed E-state index contributed by atoms with van der Waals surface area (Å²) in [5, 5.41) is 10.1. The quantitative estimate of drug-likeness (QED) is 0.459. The van der Waals surface area contributed by atoms with Crippen LogP contribution in [0.25, 0.3) is 0 Å². The molecule has 10 heavy (non-hydrogen) atoms. The maximum absolute atomic E-state index is 6.87. The van der Waals surface area contributed by atoms with E-state index in [9.17, 15) is 0 Å². The second-order valence-corrected chi connectivity index (χ2v) is 1.85. The molecule has 3 nitrogen and oxygen atoms in total. The lowest BCUT2D eigenvalue weighted by Gasteiger charge is -1.90. The number of nitrogens with one attached hydrogen (secondary N) is 2. The SMILES string of the molecule is N=Cc1ccc(N=N)cc1. The lowest BCUT2D eigenvalue weighted by atomic mass is 10.2. The van der Waals surface area contributed by atoms with Crippen LogP contribution in [0.5, 0.6) is 0 Å². The largest absolute Gasteiger partial charge is 0.308 e. The van der Waals surface area contributed by atoms with Crippen molar-refractivity contribution in [3.63, 3.8) is 0 Å². The van der Waals surface area contributed by atoms with Crippen LogP contribution in [0.3, 0.4) is 0 Å². The zero-order chi connectivity index (χ0) is 7.40. The predicted molar refractivity (Wildman–Crippen MR) is 39.1 cm³/mol. The van der Waals surface area contributed by atoms with E-state index in [-0.39, 0.29) is 0 Å². The van der Waals surface area contributed by atoms with Gasteiger partial charge in [0.15, 0.2) is 0 Å². The van der Waals surface area contributed by atoms with Gasteiger partial charge in [-0.25, -0.2) is 5.53 Å². The Bertz CT molecular complexity index is 211. The first-order valence-electron chi connectivity index (χ1n) is 2.85. The first kappa shape index (κ1) is 6.61. The fraction of sp³-hybridized carbons (Fsp3) is 0. The number of benzene rings is 1. The third-order valence-corrected chi connectivity index (χ3v) is 1.19. The van der Waals surface area contributed by atoms with Gasteiger partial charge in [0.05, 0.1) is 5.69 Å². The van der Waals surface area contributed by atoms with Crippen LogP contribution < -0.4 is 0 Å². The fourth-order valence-corrected chi connectivity index (χ4v) is 0.645. The van der Waals surface area contributed by atoms with Gasteiger partial charge >= 0.3 is 0 Å². The summed E-state index contributed by atoms with van der Waals surface area (Å²) in [6.07, 6.45) is 1.26. The van der Waals surface area contributed by atoms with E-state index in [4.69, 9.17) is 10.9 Å². The van der Waals surface area contributed by atoms with Gasteiger partial charge in [-0.15, -0.1) is 0 Å². The normalized spacial score (nSPS) is 8.80. The Hall–Kier alpha value is -1.51. The molecule has 0 atom stereocenters. The van der Waals surface area contributed by atoms with Crippen LogP contribution >= 0.6 is 0 Å². The highest BCUT2D eigenvalue weighted by Gasteiger charge is 1.87. The van der Waals surface area contributed by atoms with Gasteiger partial charge in [0.1, 0.15) is 0 Å². The van der Waals surface area contributed by atoms with E-state index < -0.39 is 0 Å². The van der Waals surface area contributed by atoms with Crippen molar-refractivity contribution >= 4 is 11.9 Å². The Morgan fingerprint density at radius 3 is 2.20 bits per heavy atom. The first-order valence-corrected chi connectivity index (χ1v) is 2.85. The predicted octanol–water partition coefficient (Wildman–Crippen LogP) is 2.35. The number of hydrogen-bond acceptors (Lipinski definition) is 3. The number of hydrogen-bond donors (Lipinski definition) is 2. The van der Waals surface area contributed by atoms with Gasteiger partial charge in [0.25, 0.3) is 0 Å². The maximum Gasteiger partial charge on any atom is 0.0850 e. The zero-order valence-electron chi connectivity index (χ0n) is 5.33. The lowest BCUT2D eigenvalue weighted by molar-refractivity contribution is 1.15. The molecule has 1 aromatic rings. The summed E-state index contributed by atoms with van der Waals surface area (Å²) in [6, 6.07) is 6.90. The van der Waals surface area contributed by atoms with Crippen molar-refractivity contribution in [3.05, 3.63) is 29.8 Å². The summed E-state index contributed by atoms with van der Waals surface area (Å²) >= 11 is 0. The van der Waals surface area contributed by atoms with Crippen molar-refractivity contribution in [2.75, 3.05) is 0 Å². The van der Waals surface area contributed by atoms with E-state index in [0.29, 0.717) is 5.69 Å². The molecule has 2 N–H and O–H groups in total. The monoisotopic (exact) mass is 133 g/mol. The average molecular weight is 133 g/mol. The van der Waals surface area contributed by atoms with E-state index in [1.807, 2.05) is 0 Å². The molecule has 0 aliphatic rings. The van der Waals surface area contributed by atoms with Crippen LogP contribution in [0, 0.1) is 10.9 Å². The summed E-state index contributed by atoms with van der Waals surface area (Å²) in [6.45, 7) is 0. The molecule has 0 radical (unpaired) electrons. The third-order valence-electron chi connectivity index (χ3n) is 1.19. The Kier molecular flexibility index (Phi) is 1.89. The summed E-state index contributed by atoms with van der Waals surface area (Å²) in [5.41, 5.74) is 8.08. The first-order chi connectivity index (χ1) is 4.86. The van der Waals surface area contributed by atoms with Crippen molar-refractivity contribution < 1.29 is 0 Å². The highest BCUT2D eigenvalue weighted by atomic mass is 14.9. The van der Waals surface area contributed by atoms with Crippen LogP contribution in [0.15, 0.2) is 29.4 Å². The van der Waals surface area contributed by atoms with Crippen molar-refractivity contribution in [3.8, 4) is 0 Å². The fourth-order valence-electron chi connectivity index (χ4n) is 0.645. The summed E-state index contributed by atoms with van der Waals surface area (Å²) in [7, 11) is 0. The van der Waals surface area contributed by atoms with Crippen molar-refractivity contribution in [1.29, 1.82) is 10.9 Å². The van der Waals surface area contributed by atoms with Crippen molar-refractivity contribution in [2.45, 2.75) is 0 Å². The molecule has 0 aliphatic carbocycles. The van der Waals surface area contributed by atoms with E-state index in [1.54, 1.807) is 24.3 Å². The van der Waals surface area contributed by atoms with E-state index >= 15 is 0 Å². The average Bonchev–Trinajstić information content (AvgIpc) is 2.05. The highest BCUT2D eigenvalue weighted by Crippen LogP contribution is 2.10. The molecule has 0 unspecified atom stereocenters. The second-order valence-electron chi connectivity index (χ2n) is 1.85. The van der Waals surface area contributed by atoms with Crippen molar-refractivity contribution in [2.24, 2.45) is 5.11 Å². The van der Waals surface area contributed by atoms with Gasteiger partial charge in [-0.1, -0.05) is 12.1 Å². The number of nitrogens with zero attached hydrogens (tertiary/aromatic N) is 1. The number of rotatable bonds is 2. The Labute approximate surface area is 58.7 Å². The lowest BCUT2D eigenvalue weighted by Crippen LogP contribution is -1.74. The maximum atomic E-state index is 6.87. The van der Waals surface area contributed by atoms with E-state index in [1.165, 1.54) is 6.21 Å². The van der Waals surface area contributed by atoms with Gasteiger partial charge in [0, 0.05) is 6.21 Å². The van der Waals surface area contributed by atoms with Gasteiger partial charge in [-0.2, -0.15) is 5.11 Å². The Balaban J connectivity index is 3.00. The molecule has 0 saturated heterocycles. The zero-order valence-corrected chi connectivity index (χ0v) is 5.33. The molecule has 0 bridgehead atoms. The summed E-state index contributed by atoms with van der Waals surface area (Å²) < 4.78 is 0. The van der Waals surface area contributed by atoms with E-state index in [0.717, 1.165) is 5.56 Å². The van der Waals surface area contributed by atoms with Gasteiger partial charge in [0.2, 0.25) is 0 Å². The molecule has 1 rings (SSSR count). The van der Waals surface area contributed by atoms with Crippen molar-refractivity contribution in [1.82, 2.24) is 0 Å². The summed E-state index contributed by atoms with van der Waals surface area (Å²) in [5.74, 6) is 0. The minimum Gasteiger partial charge on any atom is -0.308 e. The molecule has 0 saturated carbocycles. The molecule has 0 heterocycles. The van der Waals surface area contributed by atoms with E-state index in [2.05, 4.69) is 5.11 Å². The minimum atomic E-state index is 0.616. The molecule has 1 aromatic carbocycles. The molecule has 0 amide bonds. The second kappa shape index (κ2) is 2.87. The Morgan fingerprint density at radius 2 is 1.80 bits per heavy atom. The van der Waals surface area contributed by atoms with Crippen LogP contribution in [0.4, 0.5) is 5.69 Å². The van der Waals surface area contributed by atoms with Gasteiger partial charge in [-0.05, 0) is 17.7 Å².